The van der Waals surface area contributed by atoms with Crippen molar-refractivity contribution in [3.63, 3.8) is 0 Å². The molecule has 0 rings (SSSR count). The minimum absolute atomic E-state index is 0. The van der Waals surface area contributed by atoms with Crippen LogP contribution in [0.25, 0.3) is 0 Å². The zero-order chi connectivity index (χ0) is 32.0. The van der Waals surface area contributed by atoms with Gasteiger partial charge in [0.15, 0.2) is 0 Å². The van der Waals surface area contributed by atoms with Gasteiger partial charge in [-0.15, -0.1) is 12.4 Å². The predicted octanol–water partition coefficient (Wildman–Crippen LogP) is -0.789. The van der Waals surface area contributed by atoms with Crippen molar-refractivity contribution in [2.24, 2.45) is 11.8 Å². The Labute approximate surface area is 359 Å². The summed E-state index contributed by atoms with van der Waals surface area (Å²) in [7, 11) is 0. The molecule has 0 aliphatic heterocycles. The average Bonchev–Trinajstić information content (AvgIpc) is 2.97. The molecule has 0 aromatic heterocycles. The molecule has 0 fully saturated rings. The molecule has 0 spiro atoms. The molecular weight excluding hydrogens is 695 g/mol. The Kier molecular flexibility index (Phi) is 59.4. The van der Waals surface area contributed by atoms with E-state index in [1.165, 1.54) is 89.9 Å². The molecule has 12 heteroatoms. The van der Waals surface area contributed by atoms with E-state index in [4.69, 9.17) is 18.9 Å². The van der Waals surface area contributed by atoms with Crippen LogP contribution in [-0.4, -0.2) is 50.8 Å². The van der Waals surface area contributed by atoms with Crippen LogP contribution in [0, 0.1) is 11.8 Å². The molecule has 0 heterocycles. The molecule has 0 radical (unpaired) electrons. The van der Waals surface area contributed by atoms with Gasteiger partial charge in [0, 0.05) is 12.1 Å². The molecule has 1 N–H and O–H groups in total. The van der Waals surface area contributed by atoms with Crippen LogP contribution < -0.4 is 89.2 Å². The van der Waals surface area contributed by atoms with Crippen LogP contribution in [0.1, 0.15) is 170 Å². The van der Waals surface area contributed by atoms with Gasteiger partial charge in [0.25, 0.3) is 0 Å². The number of hydrogen-bond donors (Lipinski definition) is 1. The first-order valence-corrected chi connectivity index (χ1v) is 18.2. The maximum Gasteiger partial charge on any atom is 1.00 e. The molecule has 0 saturated heterocycles. The Morgan fingerprint density at radius 3 is 1.15 bits per heavy atom. The molecule has 0 aromatic carbocycles. The molecule has 48 heavy (non-hydrogen) atoms. The molecular formula is C36H72Cl3NNa2O6. The molecule has 0 amide bonds. The summed E-state index contributed by atoms with van der Waals surface area (Å²) in [5.41, 5.74) is 0. The smallest absolute Gasteiger partial charge is 1.00 e. The van der Waals surface area contributed by atoms with E-state index in [0.29, 0.717) is 50.3 Å². The maximum atomic E-state index is 11.6. The summed E-state index contributed by atoms with van der Waals surface area (Å²) in [6.45, 7) is 14.3. The van der Waals surface area contributed by atoms with Crippen molar-refractivity contribution in [2.45, 2.75) is 182 Å². The fourth-order valence-electron chi connectivity index (χ4n) is 5.85. The van der Waals surface area contributed by atoms with E-state index in [9.17, 15) is 9.59 Å². The van der Waals surface area contributed by atoms with Gasteiger partial charge >= 0.3 is 71.4 Å². The van der Waals surface area contributed by atoms with Crippen LogP contribution in [0.4, 0.5) is 9.59 Å². The fraction of sp³-hybridized carbons (Fsp3) is 0.944. The second kappa shape index (κ2) is 46.4. The Morgan fingerprint density at radius 1 is 0.479 bits per heavy atom. The van der Waals surface area contributed by atoms with Crippen LogP contribution in [-0.2, 0) is 18.9 Å². The second-order valence-electron chi connectivity index (χ2n) is 12.6. The van der Waals surface area contributed by atoms with E-state index >= 15 is 0 Å². The summed E-state index contributed by atoms with van der Waals surface area (Å²) in [5, 5.41) is 3.84. The Balaban J connectivity index is -0.000000882. The minimum atomic E-state index is -0.549. The number of halogens is 3. The zero-order valence-electron chi connectivity index (χ0n) is 32.4. The molecule has 0 aliphatic carbocycles. The third kappa shape index (κ3) is 41.8. The first-order chi connectivity index (χ1) is 20.9. The SMILES string of the molecule is CCCCCCCCC(CCOC(=O)OCC)CCC(C)NC(C)CCC(CCCCCCCC)CCOC(=O)OCC.Cl.[Cl-].[Cl-].[Na+].[Na+]. The second-order valence-corrected chi connectivity index (χ2v) is 12.6. The van der Waals surface area contributed by atoms with Gasteiger partial charge in [-0.2, -0.15) is 0 Å². The van der Waals surface area contributed by atoms with Crippen molar-refractivity contribution in [1.29, 1.82) is 0 Å². The van der Waals surface area contributed by atoms with E-state index in [-0.39, 0.29) is 96.3 Å². The fourth-order valence-corrected chi connectivity index (χ4v) is 5.85. The summed E-state index contributed by atoms with van der Waals surface area (Å²) in [4.78, 5) is 23.3. The first kappa shape index (κ1) is 61.4. The van der Waals surface area contributed by atoms with Gasteiger partial charge in [-0.05, 0) is 78.1 Å². The van der Waals surface area contributed by atoms with E-state index in [1.807, 2.05) is 0 Å². The van der Waals surface area contributed by atoms with Crippen LogP contribution in [0.3, 0.4) is 0 Å². The largest absolute Gasteiger partial charge is 1.00 e. The molecule has 7 nitrogen and oxygen atoms in total. The average molecular weight is 767 g/mol. The normalized spacial score (nSPS) is 12.6. The molecule has 4 unspecified atom stereocenters. The van der Waals surface area contributed by atoms with E-state index in [2.05, 4.69) is 33.0 Å². The molecule has 0 saturated carbocycles. The van der Waals surface area contributed by atoms with E-state index < -0.39 is 12.3 Å². The number of nitrogens with one attached hydrogen (secondary N) is 1. The van der Waals surface area contributed by atoms with Crippen molar-refractivity contribution >= 4 is 24.7 Å². The van der Waals surface area contributed by atoms with Crippen molar-refractivity contribution < 1.29 is 112 Å². The Hall–Kier alpha value is 1.37. The van der Waals surface area contributed by atoms with Gasteiger partial charge < -0.3 is 49.1 Å². The van der Waals surface area contributed by atoms with E-state index in [1.54, 1.807) is 13.8 Å². The van der Waals surface area contributed by atoms with Crippen LogP contribution in [0.2, 0.25) is 0 Å². The topological polar surface area (TPSA) is 83.1 Å². The minimum Gasteiger partial charge on any atom is -1.00 e. The Bertz CT molecular complexity index is 607. The molecule has 0 aliphatic rings. The van der Waals surface area contributed by atoms with Crippen LogP contribution >= 0.6 is 12.4 Å². The van der Waals surface area contributed by atoms with Crippen molar-refractivity contribution in [2.75, 3.05) is 26.4 Å². The zero-order valence-corrected chi connectivity index (χ0v) is 38.7. The van der Waals surface area contributed by atoms with Gasteiger partial charge in [0.2, 0.25) is 0 Å². The summed E-state index contributed by atoms with van der Waals surface area (Å²) >= 11 is 0. The van der Waals surface area contributed by atoms with Crippen LogP contribution in [0.5, 0.6) is 0 Å². The van der Waals surface area contributed by atoms with Crippen LogP contribution in [0.15, 0.2) is 0 Å². The summed E-state index contributed by atoms with van der Waals surface area (Å²) in [6, 6.07) is 0.884. The number of ether oxygens (including phenoxy) is 4. The summed E-state index contributed by atoms with van der Waals surface area (Å²) < 4.78 is 20.4. The van der Waals surface area contributed by atoms with Gasteiger partial charge in [-0.3, -0.25) is 0 Å². The summed E-state index contributed by atoms with van der Waals surface area (Å²) in [5.74, 6) is 1.14. The van der Waals surface area contributed by atoms with E-state index in [0.717, 1.165) is 38.5 Å². The van der Waals surface area contributed by atoms with Gasteiger partial charge in [-0.1, -0.05) is 104 Å². The van der Waals surface area contributed by atoms with Gasteiger partial charge in [0.05, 0.1) is 26.4 Å². The Morgan fingerprint density at radius 2 is 0.812 bits per heavy atom. The molecule has 4 atom stereocenters. The first-order valence-electron chi connectivity index (χ1n) is 18.2. The van der Waals surface area contributed by atoms with Gasteiger partial charge in [0.1, 0.15) is 0 Å². The molecule has 0 bridgehead atoms. The number of rotatable bonds is 30. The number of carbonyl (C=O) groups is 2. The predicted molar refractivity (Wildman–Crippen MR) is 186 cm³/mol. The van der Waals surface area contributed by atoms with Crippen molar-refractivity contribution in [3.8, 4) is 0 Å². The maximum absolute atomic E-state index is 11.6. The third-order valence-corrected chi connectivity index (χ3v) is 8.53. The van der Waals surface area contributed by atoms with Crippen molar-refractivity contribution in [1.82, 2.24) is 5.32 Å². The van der Waals surface area contributed by atoms with Crippen molar-refractivity contribution in [3.05, 3.63) is 0 Å². The molecule has 280 valence electrons. The number of unbranched alkanes of at least 4 members (excludes halogenated alkanes) is 10. The molecule has 0 aromatic rings. The van der Waals surface area contributed by atoms with Gasteiger partial charge in [-0.25, -0.2) is 9.59 Å². The quantitative estimate of drug-likeness (QED) is 0.0584. The standard InChI is InChI=1S/C36H71NO6.3ClH.2Na/c1-7-11-13-15-17-19-21-33(27-29-42-35(38)40-9-3)25-23-31(5)37-32(6)24-26-34(22-20-18-16-14-12-8-2)28-30-43-36(39)41-10-4;;;;;/h31-34,37H,7-30H2,1-6H3;3*1H;;/q;;;;2*+1/p-2. The summed E-state index contributed by atoms with van der Waals surface area (Å²) in [6.07, 6.45) is 23.3. The monoisotopic (exact) mass is 765 g/mol. The third-order valence-electron chi connectivity index (χ3n) is 8.53. The number of hydrogen-bond acceptors (Lipinski definition) is 7. The number of carbonyl (C=O) groups excluding carboxylic acids is 2.